The number of aliphatic hydroxyl groups excluding tert-OH is 1. The van der Waals surface area contributed by atoms with Crippen LogP contribution in [0.2, 0.25) is 0 Å². The molecule has 2 N–H and O–H groups in total. The van der Waals surface area contributed by atoms with Gasteiger partial charge in [0, 0.05) is 6.54 Å². The zero-order valence-corrected chi connectivity index (χ0v) is 9.18. The van der Waals surface area contributed by atoms with Gasteiger partial charge >= 0.3 is 0 Å². The van der Waals surface area contributed by atoms with Crippen molar-refractivity contribution < 1.29 is 9.50 Å². The Morgan fingerprint density at radius 3 is 2.59 bits per heavy atom. The SMILES string of the molecule is OC(CNc1cccc(F)n1)c1ccccc1. The van der Waals surface area contributed by atoms with E-state index in [4.69, 9.17) is 0 Å². The van der Waals surface area contributed by atoms with Crippen LogP contribution in [0, 0.1) is 5.95 Å². The van der Waals surface area contributed by atoms with Crippen LogP contribution in [0.4, 0.5) is 10.2 Å². The van der Waals surface area contributed by atoms with E-state index in [1.54, 1.807) is 12.1 Å². The Kier molecular flexibility index (Phi) is 3.67. The molecule has 0 spiro atoms. The van der Waals surface area contributed by atoms with E-state index in [0.29, 0.717) is 12.4 Å². The van der Waals surface area contributed by atoms with E-state index in [9.17, 15) is 9.50 Å². The summed E-state index contributed by atoms with van der Waals surface area (Å²) in [5.74, 6) is -0.121. The highest BCUT2D eigenvalue weighted by Crippen LogP contribution is 2.13. The fourth-order valence-corrected chi connectivity index (χ4v) is 1.50. The molecule has 0 aliphatic heterocycles. The number of anilines is 1. The first-order valence-corrected chi connectivity index (χ1v) is 5.35. The summed E-state index contributed by atoms with van der Waals surface area (Å²) in [5.41, 5.74) is 0.816. The van der Waals surface area contributed by atoms with Gasteiger partial charge in [-0.05, 0) is 17.7 Å². The molecular weight excluding hydrogens is 219 g/mol. The number of benzene rings is 1. The Hall–Kier alpha value is -1.94. The minimum atomic E-state index is -0.638. The number of pyridine rings is 1. The average molecular weight is 232 g/mol. The Labute approximate surface area is 98.9 Å². The van der Waals surface area contributed by atoms with E-state index in [2.05, 4.69) is 10.3 Å². The second-order valence-corrected chi connectivity index (χ2v) is 3.65. The molecule has 1 atom stereocenters. The van der Waals surface area contributed by atoms with E-state index in [-0.39, 0.29) is 0 Å². The molecule has 0 bridgehead atoms. The van der Waals surface area contributed by atoms with E-state index in [1.165, 1.54) is 6.07 Å². The normalized spacial score (nSPS) is 12.1. The number of rotatable bonds is 4. The zero-order valence-electron chi connectivity index (χ0n) is 9.18. The lowest BCUT2D eigenvalue weighted by molar-refractivity contribution is 0.191. The minimum Gasteiger partial charge on any atom is -0.387 e. The Morgan fingerprint density at radius 2 is 1.88 bits per heavy atom. The standard InChI is InChI=1S/C13H13FN2O/c14-12-7-4-8-13(16-12)15-9-11(17)10-5-2-1-3-6-10/h1-8,11,17H,9H2,(H,15,16). The lowest BCUT2D eigenvalue weighted by atomic mass is 10.1. The highest BCUT2D eigenvalue weighted by molar-refractivity contribution is 5.34. The third-order valence-corrected chi connectivity index (χ3v) is 2.38. The first-order chi connectivity index (χ1) is 8.25. The third-order valence-electron chi connectivity index (χ3n) is 2.38. The van der Waals surface area contributed by atoms with Crippen molar-refractivity contribution in [3.8, 4) is 0 Å². The lowest BCUT2D eigenvalue weighted by Gasteiger charge is -2.12. The van der Waals surface area contributed by atoms with Crippen LogP contribution in [0.1, 0.15) is 11.7 Å². The fourth-order valence-electron chi connectivity index (χ4n) is 1.50. The van der Waals surface area contributed by atoms with Crippen molar-refractivity contribution in [3.05, 3.63) is 60.0 Å². The highest BCUT2D eigenvalue weighted by atomic mass is 19.1. The summed E-state index contributed by atoms with van der Waals surface area (Å²) >= 11 is 0. The third kappa shape index (κ3) is 3.26. The molecule has 17 heavy (non-hydrogen) atoms. The molecule has 2 aromatic rings. The number of aliphatic hydroxyl groups is 1. The zero-order chi connectivity index (χ0) is 12.1. The topological polar surface area (TPSA) is 45.1 Å². The van der Waals surface area contributed by atoms with Crippen molar-refractivity contribution in [3.63, 3.8) is 0 Å². The Balaban J connectivity index is 1.95. The molecule has 1 unspecified atom stereocenters. The number of nitrogens with zero attached hydrogens (tertiary/aromatic N) is 1. The van der Waals surface area contributed by atoms with Crippen molar-refractivity contribution in [2.45, 2.75) is 6.10 Å². The molecule has 0 amide bonds. The Morgan fingerprint density at radius 1 is 1.12 bits per heavy atom. The minimum absolute atomic E-state index is 0.292. The second kappa shape index (κ2) is 5.41. The summed E-state index contributed by atoms with van der Waals surface area (Å²) in [5, 5.41) is 12.7. The monoisotopic (exact) mass is 232 g/mol. The van der Waals surface area contributed by atoms with E-state index in [0.717, 1.165) is 5.56 Å². The fraction of sp³-hybridized carbons (Fsp3) is 0.154. The molecule has 2 rings (SSSR count). The molecule has 1 aromatic carbocycles. The number of halogens is 1. The molecule has 1 heterocycles. The molecule has 4 heteroatoms. The number of aromatic nitrogens is 1. The predicted octanol–water partition coefficient (Wildman–Crippen LogP) is 2.37. The van der Waals surface area contributed by atoms with Crippen LogP contribution >= 0.6 is 0 Å². The molecule has 0 radical (unpaired) electrons. The molecule has 3 nitrogen and oxygen atoms in total. The van der Waals surface area contributed by atoms with Crippen molar-refractivity contribution in [2.75, 3.05) is 11.9 Å². The first kappa shape index (κ1) is 11.5. The van der Waals surface area contributed by atoms with Gasteiger partial charge in [-0.15, -0.1) is 0 Å². The van der Waals surface area contributed by atoms with Crippen LogP contribution in [0.15, 0.2) is 48.5 Å². The molecule has 0 saturated carbocycles. The highest BCUT2D eigenvalue weighted by Gasteiger charge is 2.06. The number of nitrogens with one attached hydrogen (secondary N) is 1. The van der Waals surface area contributed by atoms with Gasteiger partial charge in [-0.1, -0.05) is 36.4 Å². The van der Waals surface area contributed by atoms with Crippen LogP contribution in [0.25, 0.3) is 0 Å². The van der Waals surface area contributed by atoms with Crippen LogP contribution in [0.5, 0.6) is 0 Å². The van der Waals surface area contributed by atoms with E-state index < -0.39 is 12.1 Å². The first-order valence-electron chi connectivity index (χ1n) is 5.35. The van der Waals surface area contributed by atoms with Gasteiger partial charge in [0.1, 0.15) is 5.82 Å². The van der Waals surface area contributed by atoms with Gasteiger partial charge < -0.3 is 10.4 Å². The molecule has 0 saturated heterocycles. The summed E-state index contributed by atoms with van der Waals surface area (Å²) in [6.45, 7) is 0.292. The summed E-state index contributed by atoms with van der Waals surface area (Å²) in [4.78, 5) is 3.65. The summed E-state index contributed by atoms with van der Waals surface area (Å²) in [7, 11) is 0. The Bertz CT molecular complexity index is 476. The van der Waals surface area contributed by atoms with Gasteiger partial charge in [-0.2, -0.15) is 4.39 Å². The van der Waals surface area contributed by atoms with E-state index >= 15 is 0 Å². The quantitative estimate of drug-likeness (QED) is 0.795. The molecular formula is C13H13FN2O. The maximum Gasteiger partial charge on any atom is 0.214 e. The predicted molar refractivity (Wildman–Crippen MR) is 64.1 cm³/mol. The van der Waals surface area contributed by atoms with Crippen LogP contribution in [-0.2, 0) is 0 Å². The van der Waals surface area contributed by atoms with Crippen molar-refractivity contribution in [1.29, 1.82) is 0 Å². The van der Waals surface area contributed by atoms with Crippen LogP contribution < -0.4 is 5.32 Å². The average Bonchev–Trinajstić information content (AvgIpc) is 2.37. The summed E-state index contributed by atoms with van der Waals surface area (Å²) < 4.78 is 12.8. The lowest BCUT2D eigenvalue weighted by Crippen LogP contribution is -2.13. The maximum atomic E-state index is 12.8. The summed E-state index contributed by atoms with van der Waals surface area (Å²) in [6, 6.07) is 13.8. The molecule has 0 fully saturated rings. The molecule has 1 aromatic heterocycles. The maximum absolute atomic E-state index is 12.8. The van der Waals surface area contributed by atoms with Gasteiger partial charge in [-0.3, -0.25) is 0 Å². The van der Waals surface area contributed by atoms with Gasteiger partial charge in [0.2, 0.25) is 5.95 Å². The van der Waals surface area contributed by atoms with Gasteiger partial charge in [0.25, 0.3) is 0 Å². The van der Waals surface area contributed by atoms with Crippen LogP contribution in [-0.4, -0.2) is 16.6 Å². The smallest absolute Gasteiger partial charge is 0.214 e. The van der Waals surface area contributed by atoms with Gasteiger partial charge in [0.15, 0.2) is 0 Å². The molecule has 0 aliphatic rings. The summed E-state index contributed by atoms with van der Waals surface area (Å²) in [6.07, 6.45) is -0.638. The largest absolute Gasteiger partial charge is 0.387 e. The number of hydrogen-bond acceptors (Lipinski definition) is 3. The molecule has 0 aliphatic carbocycles. The van der Waals surface area contributed by atoms with Crippen molar-refractivity contribution in [1.82, 2.24) is 4.98 Å². The van der Waals surface area contributed by atoms with Crippen molar-refractivity contribution in [2.24, 2.45) is 0 Å². The van der Waals surface area contributed by atoms with Gasteiger partial charge in [-0.25, -0.2) is 4.98 Å². The van der Waals surface area contributed by atoms with E-state index in [1.807, 2.05) is 30.3 Å². The van der Waals surface area contributed by atoms with Crippen LogP contribution in [0.3, 0.4) is 0 Å². The number of hydrogen-bond donors (Lipinski definition) is 2. The van der Waals surface area contributed by atoms with Gasteiger partial charge in [0.05, 0.1) is 6.10 Å². The molecule has 88 valence electrons. The van der Waals surface area contributed by atoms with Crippen molar-refractivity contribution >= 4 is 5.82 Å². The second-order valence-electron chi connectivity index (χ2n) is 3.65.